The lowest BCUT2D eigenvalue weighted by molar-refractivity contribution is -0.148. The monoisotopic (exact) mass is 365 g/mol. The molecule has 27 heavy (non-hydrogen) atoms. The molecule has 1 heterocycles. The molecule has 2 amide bonds. The van der Waals surface area contributed by atoms with Crippen LogP contribution in [-0.4, -0.2) is 31.8 Å². The van der Waals surface area contributed by atoms with Crippen LogP contribution in [-0.2, 0) is 16.1 Å². The molecule has 6 heteroatoms. The van der Waals surface area contributed by atoms with E-state index in [0.29, 0.717) is 5.71 Å². The van der Waals surface area contributed by atoms with Gasteiger partial charge in [-0.2, -0.15) is 0 Å². The van der Waals surface area contributed by atoms with Gasteiger partial charge in [-0.25, -0.2) is 9.79 Å². The predicted molar refractivity (Wildman–Crippen MR) is 105 cm³/mol. The van der Waals surface area contributed by atoms with E-state index in [1.807, 2.05) is 73.6 Å². The van der Waals surface area contributed by atoms with Gasteiger partial charge in [0, 0.05) is 25.5 Å². The minimum absolute atomic E-state index is 0.184. The van der Waals surface area contributed by atoms with Crippen LogP contribution < -0.4 is 10.2 Å². The van der Waals surface area contributed by atoms with Crippen molar-refractivity contribution in [3.8, 4) is 0 Å². The van der Waals surface area contributed by atoms with E-state index in [9.17, 15) is 9.59 Å². The van der Waals surface area contributed by atoms with Gasteiger partial charge in [-0.05, 0) is 30.2 Å². The second-order valence-electron chi connectivity index (χ2n) is 6.74. The Hall–Kier alpha value is -3.15. The molecule has 3 rings (SSSR count). The zero-order valence-corrected chi connectivity index (χ0v) is 15.7. The van der Waals surface area contributed by atoms with Gasteiger partial charge in [0.05, 0.1) is 6.04 Å². The van der Waals surface area contributed by atoms with Crippen molar-refractivity contribution in [1.82, 2.24) is 5.32 Å². The highest BCUT2D eigenvalue weighted by Gasteiger charge is 2.38. The molecular formula is C21H23N3O3. The van der Waals surface area contributed by atoms with Crippen LogP contribution >= 0.6 is 0 Å². The average molecular weight is 365 g/mol. The van der Waals surface area contributed by atoms with Crippen molar-refractivity contribution in [3.63, 3.8) is 0 Å². The molecule has 140 valence electrons. The van der Waals surface area contributed by atoms with Crippen molar-refractivity contribution in [2.45, 2.75) is 19.6 Å². The molecule has 0 fully saturated rings. The number of urea groups is 1. The number of hydrogen-bond donors (Lipinski definition) is 1. The van der Waals surface area contributed by atoms with Crippen LogP contribution in [0.25, 0.3) is 0 Å². The SMILES string of the molecule is CC1=NC(=O)NC(c2ccc(N(C)C)cc2)C1C(=O)OCc1ccccc1. The smallest absolute Gasteiger partial charge is 0.341 e. The first-order chi connectivity index (χ1) is 13.0. The molecule has 1 aliphatic heterocycles. The summed E-state index contributed by atoms with van der Waals surface area (Å²) in [5.74, 6) is -1.06. The van der Waals surface area contributed by atoms with Crippen LogP contribution in [0.2, 0.25) is 0 Å². The van der Waals surface area contributed by atoms with Crippen molar-refractivity contribution in [1.29, 1.82) is 0 Å². The summed E-state index contributed by atoms with van der Waals surface area (Å²) in [7, 11) is 3.91. The van der Waals surface area contributed by atoms with Gasteiger partial charge in [-0.3, -0.25) is 4.79 Å². The van der Waals surface area contributed by atoms with Crippen molar-refractivity contribution in [2.24, 2.45) is 10.9 Å². The number of carbonyl (C=O) groups is 2. The first-order valence-electron chi connectivity index (χ1n) is 8.79. The minimum Gasteiger partial charge on any atom is -0.460 e. The molecule has 2 atom stereocenters. The molecule has 0 saturated carbocycles. The Bertz CT molecular complexity index is 845. The lowest BCUT2D eigenvalue weighted by atomic mass is 9.88. The fourth-order valence-electron chi connectivity index (χ4n) is 3.10. The average Bonchev–Trinajstić information content (AvgIpc) is 2.66. The molecule has 2 aromatic carbocycles. The molecule has 0 aromatic heterocycles. The van der Waals surface area contributed by atoms with Crippen LogP contribution in [0.1, 0.15) is 24.1 Å². The fraction of sp³-hybridized carbons (Fsp3) is 0.286. The lowest BCUT2D eigenvalue weighted by Crippen LogP contribution is -2.44. The van der Waals surface area contributed by atoms with Crippen LogP contribution in [0, 0.1) is 5.92 Å². The van der Waals surface area contributed by atoms with Gasteiger partial charge in [-0.1, -0.05) is 42.5 Å². The number of nitrogens with zero attached hydrogens (tertiary/aromatic N) is 2. The van der Waals surface area contributed by atoms with E-state index in [1.54, 1.807) is 6.92 Å². The number of rotatable bonds is 5. The summed E-state index contributed by atoms with van der Waals surface area (Å²) in [5, 5.41) is 2.80. The minimum atomic E-state index is -0.656. The number of benzene rings is 2. The first-order valence-corrected chi connectivity index (χ1v) is 8.79. The number of amides is 2. The Morgan fingerprint density at radius 2 is 1.78 bits per heavy atom. The van der Waals surface area contributed by atoms with Crippen molar-refractivity contribution in [2.75, 3.05) is 19.0 Å². The number of hydrogen-bond acceptors (Lipinski definition) is 4. The van der Waals surface area contributed by atoms with E-state index in [0.717, 1.165) is 16.8 Å². The van der Waals surface area contributed by atoms with Crippen molar-refractivity contribution in [3.05, 3.63) is 65.7 Å². The van der Waals surface area contributed by atoms with Gasteiger partial charge >= 0.3 is 12.0 Å². The maximum atomic E-state index is 12.8. The highest BCUT2D eigenvalue weighted by atomic mass is 16.5. The Kier molecular flexibility index (Phi) is 5.54. The van der Waals surface area contributed by atoms with Gasteiger partial charge in [0.2, 0.25) is 0 Å². The number of esters is 1. The predicted octanol–water partition coefficient (Wildman–Crippen LogP) is 3.34. The lowest BCUT2D eigenvalue weighted by Gasteiger charge is -2.30. The van der Waals surface area contributed by atoms with E-state index in [-0.39, 0.29) is 6.61 Å². The largest absolute Gasteiger partial charge is 0.460 e. The molecular weight excluding hydrogens is 342 g/mol. The Labute approximate surface area is 158 Å². The van der Waals surface area contributed by atoms with Gasteiger partial charge in [-0.15, -0.1) is 0 Å². The third-order valence-corrected chi connectivity index (χ3v) is 4.59. The summed E-state index contributed by atoms with van der Waals surface area (Å²) in [6, 6.07) is 16.3. The highest BCUT2D eigenvalue weighted by Crippen LogP contribution is 2.29. The number of nitrogens with one attached hydrogen (secondary N) is 1. The van der Waals surface area contributed by atoms with E-state index >= 15 is 0 Å². The summed E-state index contributed by atoms with van der Waals surface area (Å²) in [6.45, 7) is 1.87. The third-order valence-electron chi connectivity index (χ3n) is 4.59. The highest BCUT2D eigenvalue weighted by molar-refractivity contribution is 6.08. The van der Waals surface area contributed by atoms with Crippen molar-refractivity contribution >= 4 is 23.4 Å². The molecule has 0 bridgehead atoms. The molecule has 0 spiro atoms. The van der Waals surface area contributed by atoms with Crippen LogP contribution in [0.4, 0.5) is 10.5 Å². The maximum absolute atomic E-state index is 12.8. The summed E-state index contributed by atoms with van der Waals surface area (Å²) in [4.78, 5) is 30.6. The van der Waals surface area contributed by atoms with Crippen LogP contribution in [0.3, 0.4) is 0 Å². The molecule has 2 unspecified atom stereocenters. The summed E-state index contributed by atoms with van der Waals surface area (Å²) in [5.41, 5.74) is 3.24. The number of ether oxygens (including phenoxy) is 1. The second kappa shape index (κ2) is 8.03. The standard InChI is InChI=1S/C21H23N3O3/c1-14-18(20(25)27-13-15-7-5-4-6-8-15)19(23-21(26)22-14)16-9-11-17(12-10-16)24(2)3/h4-12,18-19H,13H2,1-3H3,(H,23,26). The molecule has 0 radical (unpaired) electrons. The molecule has 2 aromatic rings. The first kappa shape index (κ1) is 18.6. The zero-order valence-electron chi connectivity index (χ0n) is 15.7. The second-order valence-corrected chi connectivity index (χ2v) is 6.74. The number of aliphatic imine (C=N–C) groups is 1. The Morgan fingerprint density at radius 3 is 2.41 bits per heavy atom. The third kappa shape index (κ3) is 4.34. The zero-order chi connectivity index (χ0) is 19.4. The fourth-order valence-corrected chi connectivity index (χ4v) is 3.10. The van der Waals surface area contributed by atoms with E-state index in [4.69, 9.17) is 4.74 Å². The van der Waals surface area contributed by atoms with Gasteiger partial charge < -0.3 is 15.0 Å². The normalized spacial score (nSPS) is 19.1. The molecule has 1 aliphatic rings. The summed E-state index contributed by atoms with van der Waals surface area (Å²) >= 11 is 0. The quantitative estimate of drug-likeness (QED) is 0.825. The Balaban J connectivity index is 1.81. The summed E-state index contributed by atoms with van der Waals surface area (Å²) < 4.78 is 5.51. The molecule has 6 nitrogen and oxygen atoms in total. The van der Waals surface area contributed by atoms with Gasteiger partial charge in [0.25, 0.3) is 0 Å². The van der Waals surface area contributed by atoms with Crippen LogP contribution in [0.5, 0.6) is 0 Å². The van der Waals surface area contributed by atoms with Crippen molar-refractivity contribution < 1.29 is 14.3 Å². The van der Waals surface area contributed by atoms with E-state index in [1.165, 1.54) is 0 Å². The van der Waals surface area contributed by atoms with Crippen LogP contribution in [0.15, 0.2) is 59.6 Å². The topological polar surface area (TPSA) is 71.0 Å². The van der Waals surface area contributed by atoms with Gasteiger partial charge in [0.15, 0.2) is 0 Å². The van der Waals surface area contributed by atoms with E-state index in [2.05, 4.69) is 10.3 Å². The molecule has 0 aliphatic carbocycles. The summed E-state index contributed by atoms with van der Waals surface area (Å²) in [6.07, 6.45) is 0. The Morgan fingerprint density at radius 1 is 1.11 bits per heavy atom. The van der Waals surface area contributed by atoms with Gasteiger partial charge in [0.1, 0.15) is 12.5 Å². The number of carbonyl (C=O) groups excluding carboxylic acids is 2. The van der Waals surface area contributed by atoms with E-state index < -0.39 is 24.0 Å². The molecule has 0 saturated heterocycles. The maximum Gasteiger partial charge on any atom is 0.341 e. The molecule has 1 N–H and O–H groups in total. The number of anilines is 1.